The quantitative estimate of drug-likeness (QED) is 0.549. The number of carbonyl (C=O) groups excluding carboxylic acids is 1. The molecule has 116 valence electrons. The number of hydroxylamine groups is 2. The lowest BCUT2D eigenvalue weighted by molar-refractivity contribution is -0.0761. The van der Waals surface area contributed by atoms with E-state index in [1.807, 2.05) is 22.6 Å². The maximum Gasteiger partial charge on any atom is 0.296 e. The Hall–Kier alpha value is -0.640. The maximum absolute atomic E-state index is 12.3. The third-order valence-electron chi connectivity index (χ3n) is 3.32. The van der Waals surface area contributed by atoms with Crippen molar-refractivity contribution in [3.63, 3.8) is 0 Å². The number of halogens is 2. The van der Waals surface area contributed by atoms with Crippen LogP contribution in [0, 0.1) is 3.57 Å². The minimum atomic E-state index is -0.327. The van der Waals surface area contributed by atoms with Gasteiger partial charge in [-0.2, -0.15) is 0 Å². The SMILES string of the molecule is CON(C)C(=O)c1nc(N2CCOC[C@H]2C)cc(Cl)c1I. The highest BCUT2D eigenvalue weighted by molar-refractivity contribution is 14.1. The summed E-state index contributed by atoms with van der Waals surface area (Å²) >= 11 is 8.28. The van der Waals surface area contributed by atoms with Crippen LogP contribution in [0.3, 0.4) is 0 Å². The molecule has 1 amide bonds. The number of amides is 1. The number of hydrogen-bond donors (Lipinski definition) is 0. The third kappa shape index (κ3) is 3.58. The van der Waals surface area contributed by atoms with E-state index < -0.39 is 0 Å². The van der Waals surface area contributed by atoms with Crippen LogP contribution < -0.4 is 4.90 Å². The van der Waals surface area contributed by atoms with E-state index in [4.69, 9.17) is 21.2 Å². The molecular weight excluding hydrogens is 409 g/mol. The molecule has 0 aromatic carbocycles. The van der Waals surface area contributed by atoms with Crippen LogP contribution in [0.25, 0.3) is 0 Å². The fourth-order valence-corrected chi connectivity index (χ4v) is 2.77. The van der Waals surface area contributed by atoms with Crippen molar-refractivity contribution in [1.82, 2.24) is 10.0 Å². The van der Waals surface area contributed by atoms with Gasteiger partial charge in [-0.3, -0.25) is 9.63 Å². The summed E-state index contributed by atoms with van der Waals surface area (Å²) in [6, 6.07) is 1.97. The van der Waals surface area contributed by atoms with Crippen LogP contribution in [0.5, 0.6) is 0 Å². The molecule has 1 aromatic heterocycles. The zero-order valence-corrected chi connectivity index (χ0v) is 15.0. The second kappa shape index (κ2) is 7.08. The van der Waals surface area contributed by atoms with E-state index in [0.29, 0.717) is 33.3 Å². The third-order valence-corrected chi connectivity index (χ3v) is 5.03. The van der Waals surface area contributed by atoms with Gasteiger partial charge in [-0.05, 0) is 29.5 Å². The molecule has 0 saturated carbocycles. The number of rotatable bonds is 3. The Morgan fingerprint density at radius 1 is 1.67 bits per heavy atom. The first-order valence-electron chi connectivity index (χ1n) is 6.48. The molecule has 2 heterocycles. The molecule has 0 aliphatic carbocycles. The largest absolute Gasteiger partial charge is 0.377 e. The molecule has 0 spiro atoms. The molecule has 1 fully saturated rings. The molecule has 0 radical (unpaired) electrons. The van der Waals surface area contributed by atoms with Crippen molar-refractivity contribution in [3.8, 4) is 0 Å². The van der Waals surface area contributed by atoms with Gasteiger partial charge in [-0.25, -0.2) is 10.0 Å². The summed E-state index contributed by atoms with van der Waals surface area (Å²) < 4.78 is 6.04. The Morgan fingerprint density at radius 3 is 3.00 bits per heavy atom. The van der Waals surface area contributed by atoms with E-state index in [9.17, 15) is 4.79 Å². The molecule has 1 aromatic rings. The molecule has 1 saturated heterocycles. The number of carbonyl (C=O) groups is 1. The second-order valence-electron chi connectivity index (χ2n) is 4.73. The Bertz CT molecular complexity index is 544. The Labute approximate surface area is 142 Å². The summed E-state index contributed by atoms with van der Waals surface area (Å²) in [4.78, 5) is 23.8. The average Bonchev–Trinajstić information content (AvgIpc) is 2.49. The number of nitrogens with zero attached hydrogens (tertiary/aromatic N) is 3. The van der Waals surface area contributed by atoms with Gasteiger partial charge in [-0.15, -0.1) is 0 Å². The summed E-state index contributed by atoms with van der Waals surface area (Å²) in [5.41, 5.74) is 0.293. The van der Waals surface area contributed by atoms with Crippen LogP contribution in [-0.2, 0) is 9.57 Å². The molecule has 21 heavy (non-hydrogen) atoms. The van der Waals surface area contributed by atoms with E-state index in [-0.39, 0.29) is 11.9 Å². The summed E-state index contributed by atoms with van der Waals surface area (Å²) in [5.74, 6) is 0.357. The van der Waals surface area contributed by atoms with Crippen molar-refractivity contribution in [2.24, 2.45) is 0 Å². The number of hydrogen-bond acceptors (Lipinski definition) is 5. The van der Waals surface area contributed by atoms with Crippen molar-refractivity contribution in [3.05, 3.63) is 20.4 Å². The normalized spacial score (nSPS) is 18.7. The zero-order valence-electron chi connectivity index (χ0n) is 12.1. The van der Waals surface area contributed by atoms with Gasteiger partial charge in [0, 0.05) is 19.7 Å². The van der Waals surface area contributed by atoms with E-state index in [1.54, 1.807) is 6.07 Å². The highest BCUT2D eigenvalue weighted by Gasteiger charge is 2.25. The van der Waals surface area contributed by atoms with Crippen molar-refractivity contribution in [2.75, 3.05) is 38.8 Å². The lowest BCUT2D eigenvalue weighted by atomic mass is 10.2. The predicted molar refractivity (Wildman–Crippen MR) is 88.7 cm³/mol. The van der Waals surface area contributed by atoms with Gasteiger partial charge in [0.15, 0.2) is 0 Å². The molecule has 2 rings (SSSR count). The van der Waals surface area contributed by atoms with Crippen molar-refractivity contribution < 1.29 is 14.4 Å². The molecule has 1 aliphatic rings. The van der Waals surface area contributed by atoms with Gasteiger partial charge in [0.25, 0.3) is 5.91 Å². The van der Waals surface area contributed by atoms with Crippen LogP contribution in [-0.4, -0.2) is 55.9 Å². The fraction of sp³-hybridized carbons (Fsp3) is 0.538. The predicted octanol–water partition coefficient (Wildman–Crippen LogP) is 2.20. The zero-order chi connectivity index (χ0) is 15.6. The van der Waals surface area contributed by atoms with Gasteiger partial charge in [-0.1, -0.05) is 11.6 Å². The van der Waals surface area contributed by atoms with Crippen LogP contribution in [0.4, 0.5) is 5.82 Å². The lowest BCUT2D eigenvalue weighted by Gasteiger charge is -2.34. The highest BCUT2D eigenvalue weighted by atomic mass is 127. The van der Waals surface area contributed by atoms with Crippen molar-refractivity contribution >= 4 is 45.9 Å². The Balaban J connectivity index is 2.40. The number of aromatic nitrogens is 1. The van der Waals surface area contributed by atoms with Gasteiger partial charge in [0.05, 0.1) is 35.0 Å². The Kier molecular flexibility index (Phi) is 5.64. The van der Waals surface area contributed by atoms with Gasteiger partial charge < -0.3 is 9.64 Å². The first kappa shape index (κ1) is 16.7. The first-order valence-corrected chi connectivity index (χ1v) is 7.94. The highest BCUT2D eigenvalue weighted by Crippen LogP contribution is 2.28. The topological polar surface area (TPSA) is 54.9 Å². The van der Waals surface area contributed by atoms with Crippen molar-refractivity contribution in [2.45, 2.75) is 13.0 Å². The second-order valence-corrected chi connectivity index (χ2v) is 6.21. The van der Waals surface area contributed by atoms with Gasteiger partial charge in [0.1, 0.15) is 11.5 Å². The van der Waals surface area contributed by atoms with Crippen LogP contribution in [0.15, 0.2) is 6.07 Å². The first-order chi connectivity index (χ1) is 9.95. The number of anilines is 1. The molecule has 6 nitrogen and oxygen atoms in total. The summed E-state index contributed by atoms with van der Waals surface area (Å²) in [6.45, 7) is 4.04. The monoisotopic (exact) mass is 425 g/mol. The molecule has 1 aliphatic heterocycles. The molecule has 0 unspecified atom stereocenters. The summed E-state index contributed by atoms with van der Waals surface area (Å²) in [7, 11) is 2.97. The molecular formula is C13H17ClIN3O3. The standard InChI is InChI=1S/C13H17ClIN3O3/c1-8-7-21-5-4-18(8)10-6-9(14)11(15)12(16-10)13(19)17(2)20-3/h6,8H,4-5,7H2,1-3H3/t8-/m1/s1. The maximum atomic E-state index is 12.3. The fourth-order valence-electron chi connectivity index (χ4n) is 2.07. The number of pyridine rings is 1. The number of morpholine rings is 1. The number of ether oxygens (including phenoxy) is 1. The van der Waals surface area contributed by atoms with Crippen LogP contribution >= 0.6 is 34.2 Å². The van der Waals surface area contributed by atoms with E-state index in [1.165, 1.54) is 14.2 Å². The van der Waals surface area contributed by atoms with Gasteiger partial charge >= 0.3 is 0 Å². The smallest absolute Gasteiger partial charge is 0.296 e. The summed E-state index contributed by atoms with van der Waals surface area (Å²) in [6.07, 6.45) is 0. The molecule has 1 atom stereocenters. The van der Waals surface area contributed by atoms with E-state index in [0.717, 1.165) is 11.6 Å². The minimum Gasteiger partial charge on any atom is -0.377 e. The molecule has 8 heteroatoms. The lowest BCUT2D eigenvalue weighted by Crippen LogP contribution is -2.44. The molecule has 0 N–H and O–H groups in total. The molecule has 0 bridgehead atoms. The van der Waals surface area contributed by atoms with E-state index in [2.05, 4.69) is 16.8 Å². The van der Waals surface area contributed by atoms with Crippen LogP contribution in [0.1, 0.15) is 17.4 Å². The Morgan fingerprint density at radius 2 is 2.38 bits per heavy atom. The van der Waals surface area contributed by atoms with E-state index >= 15 is 0 Å². The van der Waals surface area contributed by atoms with Gasteiger partial charge in [0.2, 0.25) is 0 Å². The minimum absolute atomic E-state index is 0.186. The summed E-state index contributed by atoms with van der Waals surface area (Å²) in [5, 5.41) is 1.64. The van der Waals surface area contributed by atoms with Crippen LogP contribution in [0.2, 0.25) is 5.02 Å². The average molecular weight is 426 g/mol. The van der Waals surface area contributed by atoms with Crippen molar-refractivity contribution in [1.29, 1.82) is 0 Å².